The van der Waals surface area contributed by atoms with E-state index in [0.717, 1.165) is 18.9 Å². The van der Waals surface area contributed by atoms with Crippen LogP contribution in [0.5, 0.6) is 0 Å². The van der Waals surface area contributed by atoms with Crippen molar-refractivity contribution in [3.8, 4) is 0 Å². The van der Waals surface area contributed by atoms with E-state index < -0.39 is 18.0 Å². The number of hydrogen-bond acceptors (Lipinski definition) is 4. The van der Waals surface area contributed by atoms with Crippen molar-refractivity contribution in [1.82, 2.24) is 4.98 Å². The molecule has 2 aliphatic rings. The molecule has 0 bridgehead atoms. The molecule has 1 aromatic heterocycles. The first kappa shape index (κ1) is 15.6. The van der Waals surface area contributed by atoms with Crippen LogP contribution in [0.25, 0.3) is 0 Å². The molecule has 7 heteroatoms. The Morgan fingerprint density at radius 1 is 1.32 bits per heavy atom. The molecule has 0 saturated carbocycles. The van der Waals surface area contributed by atoms with Gasteiger partial charge < -0.3 is 14.7 Å². The van der Waals surface area contributed by atoms with Gasteiger partial charge >= 0.3 is 6.18 Å². The van der Waals surface area contributed by atoms with Crippen LogP contribution in [0, 0.1) is 5.92 Å². The average Bonchev–Trinajstić information content (AvgIpc) is 2.96. The first-order valence-electron chi connectivity index (χ1n) is 7.52. The molecule has 1 N–H and O–H groups in total. The second-order valence-corrected chi connectivity index (χ2v) is 5.89. The van der Waals surface area contributed by atoms with Crippen LogP contribution >= 0.6 is 0 Å². The van der Waals surface area contributed by atoms with E-state index in [-0.39, 0.29) is 12.0 Å². The molecule has 1 aromatic rings. The normalized spacial score (nSPS) is 29.8. The van der Waals surface area contributed by atoms with Crippen molar-refractivity contribution in [2.45, 2.75) is 37.6 Å². The number of halogens is 3. The van der Waals surface area contributed by atoms with E-state index in [1.165, 1.54) is 6.20 Å². The molecule has 0 amide bonds. The summed E-state index contributed by atoms with van der Waals surface area (Å²) >= 11 is 0. The van der Waals surface area contributed by atoms with Gasteiger partial charge in [-0.3, -0.25) is 4.98 Å². The van der Waals surface area contributed by atoms with Gasteiger partial charge in [0.15, 0.2) is 0 Å². The van der Waals surface area contributed by atoms with Gasteiger partial charge in [-0.15, -0.1) is 0 Å². The topological polar surface area (TPSA) is 45.6 Å². The highest BCUT2D eigenvalue weighted by Gasteiger charge is 2.39. The number of hydrogen-bond donors (Lipinski definition) is 1. The minimum atomic E-state index is -4.45. The Bertz CT molecular complexity index is 524. The third-order valence-electron chi connectivity index (χ3n) is 4.52. The van der Waals surface area contributed by atoms with Crippen LogP contribution in [0.15, 0.2) is 18.3 Å². The Morgan fingerprint density at radius 2 is 2.14 bits per heavy atom. The fraction of sp³-hybridized carbons (Fsp3) is 0.667. The number of aliphatic hydroxyl groups is 1. The van der Waals surface area contributed by atoms with Crippen LogP contribution in [0.3, 0.4) is 0 Å². The first-order chi connectivity index (χ1) is 10.5. The molecule has 4 nitrogen and oxygen atoms in total. The second-order valence-electron chi connectivity index (χ2n) is 5.89. The van der Waals surface area contributed by atoms with Gasteiger partial charge in [0.25, 0.3) is 0 Å². The lowest BCUT2D eigenvalue weighted by molar-refractivity contribution is -0.141. The lowest BCUT2D eigenvalue weighted by Gasteiger charge is -2.38. The van der Waals surface area contributed by atoms with Crippen LogP contribution in [-0.2, 0) is 10.9 Å². The van der Waals surface area contributed by atoms with E-state index >= 15 is 0 Å². The molecule has 122 valence electrons. The van der Waals surface area contributed by atoms with E-state index in [1.807, 2.05) is 4.90 Å². The Hall–Kier alpha value is -1.34. The summed E-state index contributed by atoms with van der Waals surface area (Å²) in [6.07, 6.45) is -1.37. The highest BCUT2D eigenvalue weighted by molar-refractivity contribution is 5.49. The number of ether oxygens (including phenoxy) is 1. The van der Waals surface area contributed by atoms with Crippen LogP contribution in [0.1, 0.15) is 25.0 Å². The van der Waals surface area contributed by atoms with Gasteiger partial charge in [0.2, 0.25) is 0 Å². The molecule has 3 rings (SSSR count). The number of rotatable bonds is 2. The molecule has 0 aromatic carbocycles. The number of nitrogens with zero attached hydrogens (tertiary/aromatic N) is 2. The van der Waals surface area contributed by atoms with Gasteiger partial charge in [0.05, 0.1) is 12.7 Å². The minimum Gasteiger partial charge on any atom is -0.393 e. The molecule has 2 aliphatic heterocycles. The van der Waals surface area contributed by atoms with Crippen LogP contribution in [0.2, 0.25) is 0 Å². The zero-order valence-corrected chi connectivity index (χ0v) is 12.1. The lowest BCUT2D eigenvalue weighted by atomic mass is 9.89. The molecule has 22 heavy (non-hydrogen) atoms. The zero-order chi connectivity index (χ0) is 15.7. The van der Waals surface area contributed by atoms with E-state index in [1.54, 1.807) is 6.07 Å². The minimum absolute atomic E-state index is 0.0128. The van der Waals surface area contributed by atoms with Crippen LogP contribution in [0.4, 0.5) is 18.9 Å². The van der Waals surface area contributed by atoms with Crippen molar-refractivity contribution in [3.63, 3.8) is 0 Å². The second kappa shape index (κ2) is 6.04. The average molecular weight is 316 g/mol. The quantitative estimate of drug-likeness (QED) is 0.910. The summed E-state index contributed by atoms with van der Waals surface area (Å²) in [6, 6.07) is 2.71. The highest BCUT2D eigenvalue weighted by atomic mass is 19.4. The number of anilines is 1. The number of alkyl halides is 3. The Balaban J connectivity index is 1.84. The van der Waals surface area contributed by atoms with Crippen molar-refractivity contribution in [3.05, 3.63) is 24.0 Å². The monoisotopic (exact) mass is 316 g/mol. The smallest absolute Gasteiger partial charge is 0.393 e. The fourth-order valence-electron chi connectivity index (χ4n) is 3.43. The summed E-state index contributed by atoms with van der Waals surface area (Å²) in [4.78, 5) is 5.37. The maximum Gasteiger partial charge on any atom is 0.433 e. The molecule has 0 spiro atoms. The SMILES string of the molecule is O[C@@H]1CCOC[C@H]1[C@H]1CCCN1c1ccnc(C(F)(F)F)c1. The molecule has 0 aliphatic carbocycles. The third kappa shape index (κ3) is 3.05. The number of aliphatic hydroxyl groups excluding tert-OH is 1. The van der Waals surface area contributed by atoms with Gasteiger partial charge in [-0.1, -0.05) is 0 Å². The number of pyridine rings is 1. The summed E-state index contributed by atoms with van der Waals surface area (Å²) < 4.78 is 43.9. The molecule has 3 atom stereocenters. The first-order valence-corrected chi connectivity index (χ1v) is 7.52. The number of aromatic nitrogens is 1. The summed E-state index contributed by atoms with van der Waals surface area (Å²) in [5.74, 6) is -0.0567. The van der Waals surface area contributed by atoms with Crippen LogP contribution in [-0.4, -0.2) is 42.0 Å². The standard InChI is InChI=1S/C15H19F3N2O2/c16-15(17,18)14-8-10(3-5-19-14)20-6-1-2-12(20)11-9-22-7-4-13(11)21/h3,5,8,11-13,21H,1-2,4,6-7,9H2/t11-,12+,13+/m0/s1. The fourth-order valence-corrected chi connectivity index (χ4v) is 3.43. The molecule has 2 fully saturated rings. The summed E-state index contributed by atoms with van der Waals surface area (Å²) in [5.41, 5.74) is -0.362. The van der Waals surface area contributed by atoms with E-state index in [4.69, 9.17) is 4.74 Å². The van der Waals surface area contributed by atoms with Crippen molar-refractivity contribution >= 4 is 5.69 Å². The van der Waals surface area contributed by atoms with Gasteiger partial charge in [-0.05, 0) is 31.4 Å². The van der Waals surface area contributed by atoms with Gasteiger partial charge in [0, 0.05) is 37.0 Å². The molecule has 3 heterocycles. The molecular formula is C15H19F3N2O2. The van der Waals surface area contributed by atoms with Gasteiger partial charge in [-0.25, -0.2) is 0 Å². The van der Waals surface area contributed by atoms with E-state index in [0.29, 0.717) is 31.9 Å². The largest absolute Gasteiger partial charge is 0.433 e. The molecule has 2 saturated heterocycles. The van der Waals surface area contributed by atoms with Crippen molar-refractivity contribution in [2.75, 3.05) is 24.7 Å². The Morgan fingerprint density at radius 3 is 2.86 bits per heavy atom. The summed E-state index contributed by atoms with van der Waals surface area (Å²) in [6.45, 7) is 1.69. The molecule has 0 radical (unpaired) electrons. The van der Waals surface area contributed by atoms with Crippen molar-refractivity contribution < 1.29 is 23.0 Å². The molecular weight excluding hydrogens is 297 g/mol. The van der Waals surface area contributed by atoms with Crippen molar-refractivity contribution in [2.24, 2.45) is 5.92 Å². The van der Waals surface area contributed by atoms with Crippen LogP contribution < -0.4 is 4.90 Å². The predicted molar refractivity (Wildman–Crippen MR) is 74.5 cm³/mol. The highest BCUT2D eigenvalue weighted by Crippen LogP contribution is 2.35. The van der Waals surface area contributed by atoms with Gasteiger partial charge in [-0.2, -0.15) is 13.2 Å². The maximum absolute atomic E-state index is 12.8. The molecule has 0 unspecified atom stereocenters. The summed E-state index contributed by atoms with van der Waals surface area (Å²) in [5, 5.41) is 10.2. The predicted octanol–water partition coefficient (Wildman–Crippen LogP) is 2.47. The maximum atomic E-state index is 12.8. The van der Waals surface area contributed by atoms with Gasteiger partial charge in [0.1, 0.15) is 5.69 Å². The summed E-state index contributed by atoms with van der Waals surface area (Å²) in [7, 11) is 0. The third-order valence-corrected chi connectivity index (χ3v) is 4.52. The lowest BCUT2D eigenvalue weighted by Crippen LogP contribution is -2.46. The Kier molecular flexibility index (Phi) is 4.27. The van der Waals surface area contributed by atoms with E-state index in [2.05, 4.69) is 4.98 Å². The Labute approximate surface area is 126 Å². The van der Waals surface area contributed by atoms with E-state index in [9.17, 15) is 18.3 Å². The van der Waals surface area contributed by atoms with Crippen molar-refractivity contribution in [1.29, 1.82) is 0 Å². The zero-order valence-electron chi connectivity index (χ0n) is 12.1.